The first-order chi connectivity index (χ1) is 3.85. The zero-order valence-corrected chi connectivity index (χ0v) is 6.43. The van der Waals surface area contributed by atoms with Crippen molar-refractivity contribution in [3.8, 4) is 0 Å². The lowest BCUT2D eigenvalue weighted by Gasteiger charge is -2.29. The van der Waals surface area contributed by atoms with Gasteiger partial charge in [-0.05, 0) is 20.8 Å². The summed E-state index contributed by atoms with van der Waals surface area (Å²) in [5.74, 6) is 0. The maximum atomic E-state index is 10.5. The first-order valence-electron chi connectivity index (χ1n) is 2.89. The molecule has 0 bridgehead atoms. The minimum absolute atomic E-state index is 0. The number of rotatable bonds is 0. The highest BCUT2D eigenvalue weighted by Crippen LogP contribution is 2.08. The molecule has 0 aromatic heterocycles. The van der Waals surface area contributed by atoms with Gasteiger partial charge in [-0.15, -0.1) is 0 Å². The fraction of sp³-hybridized carbons (Fsp3) is 0.833. The molecule has 0 radical (unpaired) electrons. The van der Waals surface area contributed by atoms with E-state index in [1.165, 1.54) is 4.90 Å². The predicted octanol–water partition coefficient (Wildman–Crippen LogP) is 0.908. The lowest BCUT2D eigenvalue weighted by atomic mass is 10.1. The van der Waals surface area contributed by atoms with Crippen molar-refractivity contribution >= 4 is 6.03 Å². The topological polar surface area (TPSA) is 46.3 Å². The molecule has 2 N–H and O–H groups in total. The average Bonchev–Trinajstić information content (AvgIpc) is 1.62. The molecule has 0 saturated carbocycles. The predicted molar refractivity (Wildman–Crippen MR) is 38.2 cm³/mol. The lowest BCUT2D eigenvalue weighted by Crippen LogP contribution is -2.45. The van der Waals surface area contributed by atoms with Crippen LogP contribution in [0.3, 0.4) is 0 Å². The van der Waals surface area contributed by atoms with Crippen LogP contribution in [0.25, 0.3) is 0 Å². The van der Waals surface area contributed by atoms with Crippen LogP contribution in [0.4, 0.5) is 4.79 Å². The van der Waals surface area contributed by atoms with Crippen LogP contribution in [0, 0.1) is 0 Å². The number of carbonyl (C=O) groups is 1. The summed E-state index contributed by atoms with van der Waals surface area (Å²) in [4.78, 5) is 12.0. The highest BCUT2D eigenvalue weighted by molar-refractivity contribution is 5.72. The van der Waals surface area contributed by atoms with Crippen LogP contribution in [0.5, 0.6) is 0 Å². The molecule has 0 unspecified atom stereocenters. The van der Waals surface area contributed by atoms with Gasteiger partial charge < -0.3 is 10.6 Å². The number of primary amides is 1. The highest BCUT2D eigenvalue weighted by atomic mass is 16.2. The van der Waals surface area contributed by atoms with Crippen LogP contribution in [0.2, 0.25) is 0 Å². The fourth-order valence-corrected chi connectivity index (χ4v) is 0.331. The zero-order chi connectivity index (χ0) is 7.65. The summed E-state index contributed by atoms with van der Waals surface area (Å²) < 4.78 is 0. The van der Waals surface area contributed by atoms with Crippen LogP contribution in [0.15, 0.2) is 0 Å². The fourth-order valence-electron chi connectivity index (χ4n) is 0.331. The average molecular weight is 131 g/mol. The minimum atomic E-state index is -0.387. The number of carbonyl (C=O) groups excluding carboxylic acids is 1. The summed E-state index contributed by atoms with van der Waals surface area (Å²) in [5.41, 5.74) is 4.85. The molecule has 3 nitrogen and oxygen atoms in total. The van der Waals surface area contributed by atoms with E-state index in [1.54, 1.807) is 7.05 Å². The number of urea groups is 1. The van der Waals surface area contributed by atoms with Gasteiger partial charge >= 0.3 is 7.46 Å². The van der Waals surface area contributed by atoms with E-state index in [0.29, 0.717) is 0 Å². The second-order valence-corrected chi connectivity index (χ2v) is 3.07. The van der Waals surface area contributed by atoms with Crippen molar-refractivity contribution in [3.05, 3.63) is 0 Å². The maximum Gasteiger partial charge on any atom is 1.00 e. The van der Waals surface area contributed by atoms with E-state index in [0.717, 1.165) is 0 Å². The van der Waals surface area contributed by atoms with Gasteiger partial charge in [0.2, 0.25) is 0 Å². The Bertz CT molecular complexity index is 119. The number of nitrogens with two attached hydrogens (primary N) is 1. The third-order valence-corrected chi connectivity index (χ3v) is 1.34. The summed E-state index contributed by atoms with van der Waals surface area (Å²) in [6.45, 7) is 5.78. The van der Waals surface area contributed by atoms with Gasteiger partial charge in [-0.1, -0.05) is 0 Å². The number of hydrogen-bond acceptors (Lipinski definition) is 1. The quantitative estimate of drug-likeness (QED) is 0.521. The van der Waals surface area contributed by atoms with Crippen LogP contribution in [0.1, 0.15) is 22.2 Å². The first-order valence-corrected chi connectivity index (χ1v) is 2.89. The van der Waals surface area contributed by atoms with Gasteiger partial charge in [-0.3, -0.25) is 0 Å². The van der Waals surface area contributed by atoms with E-state index in [1.807, 2.05) is 20.8 Å². The molecule has 54 valence electrons. The Morgan fingerprint density at radius 3 is 1.89 bits per heavy atom. The van der Waals surface area contributed by atoms with Gasteiger partial charge in [0.1, 0.15) is 0 Å². The van der Waals surface area contributed by atoms with Crippen molar-refractivity contribution in [2.45, 2.75) is 26.3 Å². The number of amides is 2. The number of nitrogens with zero attached hydrogens (tertiary/aromatic N) is 1. The van der Waals surface area contributed by atoms with Gasteiger partial charge in [0.15, 0.2) is 0 Å². The molecule has 0 aliphatic rings. The van der Waals surface area contributed by atoms with E-state index >= 15 is 0 Å². The van der Waals surface area contributed by atoms with Crippen molar-refractivity contribution in [2.75, 3.05) is 7.05 Å². The van der Waals surface area contributed by atoms with Gasteiger partial charge in [-0.25, -0.2) is 4.79 Å². The highest BCUT2D eigenvalue weighted by Gasteiger charge is 2.19. The Morgan fingerprint density at radius 2 is 1.89 bits per heavy atom. The summed E-state index contributed by atoms with van der Waals surface area (Å²) in [6.07, 6.45) is 0. The van der Waals surface area contributed by atoms with E-state index in [4.69, 9.17) is 5.73 Å². The zero-order valence-electron chi connectivity index (χ0n) is 7.43. The molecular weight excluding hydrogens is 116 g/mol. The molecule has 0 atom stereocenters. The molecule has 0 rings (SSSR count). The molecule has 0 saturated heterocycles. The standard InChI is InChI=1S/C6H14N2O/c1-6(2,3)8(4)5(7)9/h1-4H3,(H2,7,9)/p+1. The van der Waals surface area contributed by atoms with Crippen molar-refractivity contribution in [2.24, 2.45) is 5.73 Å². The molecule has 0 heterocycles. The van der Waals surface area contributed by atoms with Gasteiger partial charge in [0.25, 0.3) is 0 Å². The largest absolute Gasteiger partial charge is 1.00 e. The lowest BCUT2D eigenvalue weighted by molar-refractivity contribution is 0.175. The molecule has 9 heavy (non-hydrogen) atoms. The normalized spacial score (nSPS) is 11.1. The molecule has 0 aliphatic heterocycles. The van der Waals surface area contributed by atoms with Crippen LogP contribution >= 0.6 is 0 Å². The van der Waals surface area contributed by atoms with E-state index in [-0.39, 0.29) is 13.0 Å². The monoisotopic (exact) mass is 131 g/mol. The number of hydrogen-bond donors (Lipinski definition) is 1. The molecule has 3 heteroatoms. The van der Waals surface area contributed by atoms with Crippen molar-refractivity contribution < 1.29 is 6.22 Å². The second-order valence-electron chi connectivity index (χ2n) is 3.07. The molecule has 2 amide bonds. The molecule has 0 spiro atoms. The van der Waals surface area contributed by atoms with Crippen molar-refractivity contribution in [1.29, 1.82) is 0 Å². The summed E-state index contributed by atoms with van der Waals surface area (Å²) in [5, 5.41) is 0. The van der Waals surface area contributed by atoms with E-state index in [9.17, 15) is 4.79 Å². The van der Waals surface area contributed by atoms with E-state index in [2.05, 4.69) is 0 Å². The molecule has 0 aromatic carbocycles. The smallest absolute Gasteiger partial charge is 0.351 e. The van der Waals surface area contributed by atoms with Crippen molar-refractivity contribution in [1.82, 2.24) is 4.90 Å². The van der Waals surface area contributed by atoms with Crippen LogP contribution in [-0.2, 0) is 0 Å². The second kappa shape index (κ2) is 2.25. The van der Waals surface area contributed by atoms with Crippen molar-refractivity contribution in [3.63, 3.8) is 0 Å². The Morgan fingerprint density at radius 1 is 1.56 bits per heavy atom. The Labute approximate surface area is 57.3 Å². The molecule has 0 aliphatic carbocycles. The Kier molecular flexibility index (Phi) is 2.07. The van der Waals surface area contributed by atoms with Gasteiger partial charge in [0, 0.05) is 12.6 Å². The molecule has 0 aromatic rings. The Balaban J connectivity index is 0. The SMILES string of the molecule is CN(C(N)=O)C(C)(C)C.[H+]. The summed E-state index contributed by atoms with van der Waals surface area (Å²) >= 11 is 0. The maximum absolute atomic E-state index is 10.5. The Hall–Kier alpha value is -0.730. The summed E-state index contributed by atoms with van der Waals surface area (Å²) in [7, 11) is 1.68. The molecular formula is C6H15N2O+. The molecule has 0 fully saturated rings. The van der Waals surface area contributed by atoms with Gasteiger partial charge in [-0.2, -0.15) is 0 Å². The van der Waals surface area contributed by atoms with Crippen LogP contribution < -0.4 is 5.73 Å². The van der Waals surface area contributed by atoms with Gasteiger partial charge in [0.05, 0.1) is 0 Å². The van der Waals surface area contributed by atoms with E-state index < -0.39 is 0 Å². The minimum Gasteiger partial charge on any atom is -0.351 e. The third kappa shape index (κ3) is 2.35. The third-order valence-electron chi connectivity index (χ3n) is 1.34. The van der Waals surface area contributed by atoms with Crippen LogP contribution in [-0.4, -0.2) is 23.5 Å². The summed E-state index contributed by atoms with van der Waals surface area (Å²) in [6, 6.07) is -0.387. The first kappa shape index (κ1) is 8.27.